The van der Waals surface area contributed by atoms with Crippen molar-refractivity contribution in [1.82, 2.24) is 10.1 Å². The molecule has 0 amide bonds. The lowest BCUT2D eigenvalue weighted by Crippen LogP contribution is -1.74. The van der Waals surface area contributed by atoms with Gasteiger partial charge < -0.3 is 4.52 Å². The molecule has 2 aromatic heterocycles. The van der Waals surface area contributed by atoms with E-state index in [0.29, 0.717) is 17.7 Å². The van der Waals surface area contributed by atoms with E-state index < -0.39 is 0 Å². The van der Waals surface area contributed by atoms with Gasteiger partial charge in [-0.3, -0.25) is 9.78 Å². The summed E-state index contributed by atoms with van der Waals surface area (Å²) in [5.74, 6) is 0.574. The third-order valence-corrected chi connectivity index (χ3v) is 1.61. The smallest absolute Gasteiger partial charge is 0.171 e. The Hall–Kier alpha value is -1.97. The van der Waals surface area contributed by atoms with E-state index in [1.165, 1.54) is 0 Å². The molecule has 64 valence electrons. The third-order valence-electron chi connectivity index (χ3n) is 1.61. The molecule has 0 saturated heterocycles. The van der Waals surface area contributed by atoms with Crippen molar-refractivity contribution in [3.05, 3.63) is 36.3 Å². The first-order valence-corrected chi connectivity index (χ1v) is 3.72. The van der Waals surface area contributed by atoms with Crippen LogP contribution in [0.2, 0.25) is 0 Å². The SMILES string of the molecule is O=Cc1cc(-c2ccncc2)on1. The molecule has 2 aromatic rings. The highest BCUT2D eigenvalue weighted by Gasteiger charge is 2.04. The van der Waals surface area contributed by atoms with Crippen molar-refractivity contribution in [2.75, 3.05) is 0 Å². The Kier molecular flexibility index (Phi) is 1.88. The van der Waals surface area contributed by atoms with Crippen LogP contribution < -0.4 is 0 Å². The van der Waals surface area contributed by atoms with E-state index in [0.717, 1.165) is 5.56 Å². The van der Waals surface area contributed by atoms with Gasteiger partial charge in [0.1, 0.15) is 5.69 Å². The van der Waals surface area contributed by atoms with Gasteiger partial charge in [-0.2, -0.15) is 0 Å². The zero-order chi connectivity index (χ0) is 9.10. The van der Waals surface area contributed by atoms with E-state index in [1.807, 2.05) is 0 Å². The molecule has 0 aliphatic heterocycles. The summed E-state index contributed by atoms with van der Waals surface area (Å²) in [6.07, 6.45) is 3.95. The van der Waals surface area contributed by atoms with E-state index in [2.05, 4.69) is 10.1 Å². The summed E-state index contributed by atoms with van der Waals surface area (Å²) < 4.78 is 4.93. The van der Waals surface area contributed by atoms with Crippen molar-refractivity contribution >= 4 is 6.29 Å². The lowest BCUT2D eigenvalue weighted by molar-refractivity contribution is 0.111. The van der Waals surface area contributed by atoms with E-state index in [9.17, 15) is 4.79 Å². The largest absolute Gasteiger partial charge is 0.356 e. The van der Waals surface area contributed by atoms with E-state index in [4.69, 9.17) is 4.52 Å². The molecular weight excluding hydrogens is 168 g/mol. The number of pyridine rings is 1. The average molecular weight is 174 g/mol. The minimum atomic E-state index is 0.298. The average Bonchev–Trinajstić information content (AvgIpc) is 2.67. The molecule has 0 saturated carbocycles. The molecule has 13 heavy (non-hydrogen) atoms. The molecule has 2 rings (SSSR count). The Morgan fingerprint density at radius 3 is 2.69 bits per heavy atom. The Morgan fingerprint density at radius 1 is 1.31 bits per heavy atom. The lowest BCUT2D eigenvalue weighted by Gasteiger charge is -1.90. The highest BCUT2D eigenvalue weighted by molar-refractivity contribution is 5.74. The number of hydrogen-bond donors (Lipinski definition) is 0. The van der Waals surface area contributed by atoms with Gasteiger partial charge in [0, 0.05) is 24.0 Å². The lowest BCUT2D eigenvalue weighted by atomic mass is 10.2. The molecule has 0 aromatic carbocycles. The zero-order valence-corrected chi connectivity index (χ0v) is 6.68. The fourth-order valence-electron chi connectivity index (χ4n) is 0.997. The first-order chi connectivity index (χ1) is 6.40. The maximum atomic E-state index is 10.3. The summed E-state index contributed by atoms with van der Waals surface area (Å²) >= 11 is 0. The number of aldehydes is 1. The molecule has 4 heteroatoms. The minimum absolute atomic E-state index is 0.298. The number of carbonyl (C=O) groups excluding carboxylic acids is 1. The summed E-state index contributed by atoms with van der Waals surface area (Å²) in [4.78, 5) is 14.2. The van der Waals surface area contributed by atoms with Gasteiger partial charge >= 0.3 is 0 Å². The van der Waals surface area contributed by atoms with Gasteiger partial charge in [0.05, 0.1) is 0 Å². The second-order valence-corrected chi connectivity index (χ2v) is 2.47. The summed E-state index contributed by atoms with van der Waals surface area (Å²) in [6, 6.07) is 5.16. The van der Waals surface area contributed by atoms with Crippen molar-refractivity contribution < 1.29 is 9.32 Å². The van der Waals surface area contributed by atoms with Crippen LogP contribution in [-0.4, -0.2) is 16.4 Å². The molecule has 0 atom stereocenters. The van der Waals surface area contributed by atoms with Crippen LogP contribution in [0.3, 0.4) is 0 Å². The van der Waals surface area contributed by atoms with Gasteiger partial charge in [-0.05, 0) is 12.1 Å². The Morgan fingerprint density at radius 2 is 2.08 bits per heavy atom. The highest BCUT2D eigenvalue weighted by Crippen LogP contribution is 2.17. The molecule has 0 N–H and O–H groups in total. The molecular formula is C9H6N2O2. The van der Waals surface area contributed by atoms with Gasteiger partial charge in [-0.15, -0.1) is 0 Å². The fourth-order valence-corrected chi connectivity index (χ4v) is 0.997. The quantitative estimate of drug-likeness (QED) is 0.648. The maximum Gasteiger partial charge on any atom is 0.171 e. The maximum absolute atomic E-state index is 10.3. The highest BCUT2D eigenvalue weighted by atomic mass is 16.5. The number of hydrogen-bond acceptors (Lipinski definition) is 4. The van der Waals surface area contributed by atoms with Crippen molar-refractivity contribution in [3.8, 4) is 11.3 Å². The van der Waals surface area contributed by atoms with Crippen LogP contribution in [0, 0.1) is 0 Å². The third kappa shape index (κ3) is 1.46. The normalized spacial score (nSPS) is 9.85. The fraction of sp³-hybridized carbons (Fsp3) is 0. The molecule has 0 radical (unpaired) electrons. The molecule has 0 unspecified atom stereocenters. The molecule has 0 fully saturated rings. The van der Waals surface area contributed by atoms with Crippen LogP contribution in [0.15, 0.2) is 35.1 Å². The van der Waals surface area contributed by atoms with E-state index >= 15 is 0 Å². The first kappa shape index (κ1) is 7.67. The number of carbonyl (C=O) groups is 1. The predicted molar refractivity (Wildman–Crippen MR) is 45.1 cm³/mol. The van der Waals surface area contributed by atoms with Gasteiger partial charge in [0.25, 0.3) is 0 Å². The standard InChI is InChI=1S/C9H6N2O2/c12-6-8-5-9(13-11-8)7-1-3-10-4-2-7/h1-6H. The van der Waals surface area contributed by atoms with Crippen molar-refractivity contribution in [2.24, 2.45) is 0 Å². The molecule has 0 spiro atoms. The van der Waals surface area contributed by atoms with Crippen LogP contribution in [0.25, 0.3) is 11.3 Å². The summed E-state index contributed by atoms with van der Waals surface area (Å²) in [5.41, 5.74) is 1.16. The second kappa shape index (κ2) is 3.18. The number of nitrogens with zero attached hydrogens (tertiary/aromatic N) is 2. The van der Waals surface area contributed by atoms with Crippen LogP contribution in [0.1, 0.15) is 10.5 Å². The summed E-state index contributed by atoms with van der Waals surface area (Å²) in [5, 5.41) is 3.55. The van der Waals surface area contributed by atoms with Crippen LogP contribution in [0.4, 0.5) is 0 Å². The molecule has 0 bridgehead atoms. The number of rotatable bonds is 2. The van der Waals surface area contributed by atoms with Gasteiger partial charge in [-0.1, -0.05) is 5.16 Å². The molecule has 0 aliphatic carbocycles. The summed E-state index contributed by atoms with van der Waals surface area (Å²) in [6.45, 7) is 0. The molecule has 4 nitrogen and oxygen atoms in total. The van der Waals surface area contributed by atoms with Gasteiger partial charge in [0.2, 0.25) is 0 Å². The Labute approximate surface area is 74.2 Å². The zero-order valence-electron chi connectivity index (χ0n) is 6.68. The van der Waals surface area contributed by atoms with Crippen molar-refractivity contribution in [1.29, 1.82) is 0 Å². The first-order valence-electron chi connectivity index (χ1n) is 3.72. The number of aromatic nitrogens is 2. The van der Waals surface area contributed by atoms with Crippen LogP contribution in [0.5, 0.6) is 0 Å². The monoisotopic (exact) mass is 174 g/mol. The Bertz CT molecular complexity index is 409. The van der Waals surface area contributed by atoms with E-state index in [1.54, 1.807) is 30.6 Å². The van der Waals surface area contributed by atoms with Crippen molar-refractivity contribution in [3.63, 3.8) is 0 Å². The molecule has 0 aliphatic rings. The molecule has 2 heterocycles. The predicted octanol–water partition coefficient (Wildman–Crippen LogP) is 1.55. The summed E-state index contributed by atoms with van der Waals surface area (Å²) in [7, 11) is 0. The van der Waals surface area contributed by atoms with Gasteiger partial charge in [-0.25, -0.2) is 0 Å². The second-order valence-electron chi connectivity index (χ2n) is 2.47. The minimum Gasteiger partial charge on any atom is -0.356 e. The van der Waals surface area contributed by atoms with Crippen LogP contribution >= 0.6 is 0 Å². The topological polar surface area (TPSA) is 56.0 Å². The Balaban J connectivity index is 2.41. The van der Waals surface area contributed by atoms with Crippen LogP contribution in [-0.2, 0) is 0 Å². The van der Waals surface area contributed by atoms with E-state index in [-0.39, 0.29) is 0 Å². The van der Waals surface area contributed by atoms with Gasteiger partial charge in [0.15, 0.2) is 12.0 Å². The van der Waals surface area contributed by atoms with Crippen molar-refractivity contribution in [2.45, 2.75) is 0 Å².